The minimum Gasteiger partial charge on any atom is -0.437 e. The van der Waals surface area contributed by atoms with Crippen LogP contribution in [-0.4, -0.2) is 4.98 Å². The fourth-order valence-electron chi connectivity index (χ4n) is 1.38. The minimum absolute atomic E-state index is 0.461. The second kappa shape index (κ2) is 5.17. The molecule has 0 bridgehead atoms. The molecule has 0 aliphatic heterocycles. The van der Waals surface area contributed by atoms with Crippen molar-refractivity contribution in [1.82, 2.24) is 4.98 Å². The summed E-state index contributed by atoms with van der Waals surface area (Å²) < 4.78 is 5.58. The van der Waals surface area contributed by atoms with E-state index >= 15 is 0 Å². The number of hydrogen-bond donors (Lipinski definition) is 1. The maximum absolute atomic E-state index is 6.08. The molecule has 17 heavy (non-hydrogen) atoms. The largest absolute Gasteiger partial charge is 0.437 e. The Labute approximate surface area is 105 Å². The third-order valence-electron chi connectivity index (χ3n) is 2.33. The molecule has 2 aromatic rings. The first-order chi connectivity index (χ1) is 8.19. The third kappa shape index (κ3) is 2.96. The number of aryl methyl sites for hydroxylation is 1. The van der Waals surface area contributed by atoms with Crippen LogP contribution in [0, 0.1) is 6.92 Å². The molecule has 0 amide bonds. The van der Waals surface area contributed by atoms with Gasteiger partial charge >= 0.3 is 0 Å². The zero-order chi connectivity index (χ0) is 12.3. The van der Waals surface area contributed by atoms with Gasteiger partial charge in [-0.15, -0.1) is 0 Å². The molecule has 0 saturated carbocycles. The average Bonchev–Trinajstić information content (AvgIpc) is 2.34. The SMILES string of the molecule is Cc1ccc(Oc2ccc(CN)cc2Cl)nc1. The standard InChI is InChI=1S/C13H13ClN2O/c1-9-2-5-13(16-8-9)17-12-4-3-10(7-15)6-11(12)14/h2-6,8H,7,15H2,1H3. The highest BCUT2D eigenvalue weighted by Crippen LogP contribution is 2.29. The van der Waals surface area contributed by atoms with Gasteiger partial charge in [0.15, 0.2) is 0 Å². The Kier molecular flexibility index (Phi) is 3.61. The molecular weight excluding hydrogens is 236 g/mol. The van der Waals surface area contributed by atoms with Crippen LogP contribution in [0.3, 0.4) is 0 Å². The molecule has 0 fully saturated rings. The van der Waals surface area contributed by atoms with Gasteiger partial charge in [-0.25, -0.2) is 4.98 Å². The fraction of sp³-hybridized carbons (Fsp3) is 0.154. The molecule has 1 heterocycles. The number of nitrogens with two attached hydrogens (primary N) is 1. The molecule has 1 aromatic heterocycles. The van der Waals surface area contributed by atoms with Gasteiger partial charge in [0.05, 0.1) is 5.02 Å². The molecule has 0 saturated heterocycles. The Bertz CT molecular complexity index is 511. The van der Waals surface area contributed by atoms with Crippen molar-refractivity contribution in [3.05, 3.63) is 52.7 Å². The van der Waals surface area contributed by atoms with E-state index in [0.29, 0.717) is 23.2 Å². The van der Waals surface area contributed by atoms with E-state index in [1.165, 1.54) is 0 Å². The predicted molar refractivity (Wildman–Crippen MR) is 68.4 cm³/mol. The Hall–Kier alpha value is -1.58. The molecule has 0 aliphatic rings. The number of rotatable bonds is 3. The molecule has 88 valence electrons. The van der Waals surface area contributed by atoms with Crippen LogP contribution in [0.5, 0.6) is 11.6 Å². The highest BCUT2D eigenvalue weighted by molar-refractivity contribution is 6.32. The molecule has 0 aliphatic carbocycles. The average molecular weight is 249 g/mol. The highest BCUT2D eigenvalue weighted by Gasteiger charge is 2.04. The maximum atomic E-state index is 6.08. The first-order valence-corrected chi connectivity index (χ1v) is 5.66. The number of halogens is 1. The van der Waals surface area contributed by atoms with Crippen LogP contribution in [0.4, 0.5) is 0 Å². The van der Waals surface area contributed by atoms with Crippen molar-refractivity contribution in [2.24, 2.45) is 5.73 Å². The quantitative estimate of drug-likeness (QED) is 0.907. The van der Waals surface area contributed by atoms with E-state index in [1.54, 1.807) is 18.3 Å². The van der Waals surface area contributed by atoms with Gasteiger partial charge in [0.2, 0.25) is 5.88 Å². The summed E-state index contributed by atoms with van der Waals surface area (Å²) in [4.78, 5) is 4.15. The predicted octanol–water partition coefficient (Wildman–Crippen LogP) is 3.29. The second-order valence-electron chi connectivity index (χ2n) is 3.74. The maximum Gasteiger partial charge on any atom is 0.219 e. The van der Waals surface area contributed by atoms with Gasteiger partial charge in [-0.3, -0.25) is 0 Å². The Balaban J connectivity index is 2.21. The molecule has 1 aromatic carbocycles. The lowest BCUT2D eigenvalue weighted by Crippen LogP contribution is -1.96. The van der Waals surface area contributed by atoms with Gasteiger partial charge in [0.25, 0.3) is 0 Å². The highest BCUT2D eigenvalue weighted by atomic mass is 35.5. The van der Waals surface area contributed by atoms with Crippen molar-refractivity contribution in [3.8, 4) is 11.6 Å². The molecular formula is C13H13ClN2O. The summed E-state index contributed by atoms with van der Waals surface area (Å²) in [5.74, 6) is 1.11. The summed E-state index contributed by atoms with van der Waals surface area (Å²) in [6.07, 6.45) is 1.75. The van der Waals surface area contributed by atoms with E-state index in [9.17, 15) is 0 Å². The van der Waals surface area contributed by atoms with Crippen molar-refractivity contribution >= 4 is 11.6 Å². The Morgan fingerprint density at radius 1 is 1.29 bits per heavy atom. The van der Waals surface area contributed by atoms with Crippen LogP contribution in [0.2, 0.25) is 5.02 Å². The van der Waals surface area contributed by atoms with Gasteiger partial charge in [-0.05, 0) is 30.2 Å². The van der Waals surface area contributed by atoms with Crippen LogP contribution in [0.25, 0.3) is 0 Å². The first-order valence-electron chi connectivity index (χ1n) is 5.28. The summed E-state index contributed by atoms with van der Waals surface area (Å²) in [7, 11) is 0. The summed E-state index contributed by atoms with van der Waals surface area (Å²) >= 11 is 6.08. The smallest absolute Gasteiger partial charge is 0.219 e. The van der Waals surface area contributed by atoms with Crippen LogP contribution in [0.15, 0.2) is 36.5 Å². The number of nitrogens with zero attached hydrogens (tertiary/aromatic N) is 1. The number of pyridine rings is 1. The van der Waals surface area contributed by atoms with E-state index in [0.717, 1.165) is 11.1 Å². The van der Waals surface area contributed by atoms with E-state index in [1.807, 2.05) is 25.1 Å². The van der Waals surface area contributed by atoms with Crippen LogP contribution >= 0.6 is 11.6 Å². The molecule has 2 rings (SSSR count). The van der Waals surface area contributed by atoms with Gasteiger partial charge in [0, 0.05) is 18.8 Å². The van der Waals surface area contributed by atoms with E-state index in [2.05, 4.69) is 4.98 Å². The molecule has 0 spiro atoms. The summed E-state index contributed by atoms with van der Waals surface area (Å²) in [6, 6.07) is 9.22. The Morgan fingerprint density at radius 3 is 2.71 bits per heavy atom. The minimum atomic E-state index is 0.461. The van der Waals surface area contributed by atoms with Gasteiger partial charge in [-0.2, -0.15) is 0 Å². The monoisotopic (exact) mass is 248 g/mol. The van der Waals surface area contributed by atoms with Crippen molar-refractivity contribution in [1.29, 1.82) is 0 Å². The van der Waals surface area contributed by atoms with Crippen molar-refractivity contribution in [2.75, 3.05) is 0 Å². The van der Waals surface area contributed by atoms with Crippen LogP contribution in [-0.2, 0) is 6.54 Å². The van der Waals surface area contributed by atoms with Crippen molar-refractivity contribution in [2.45, 2.75) is 13.5 Å². The van der Waals surface area contributed by atoms with Crippen molar-refractivity contribution in [3.63, 3.8) is 0 Å². The van der Waals surface area contributed by atoms with E-state index in [4.69, 9.17) is 22.1 Å². The number of aromatic nitrogens is 1. The summed E-state index contributed by atoms with van der Waals surface area (Å²) in [5.41, 5.74) is 7.58. The molecule has 0 atom stereocenters. The van der Waals surface area contributed by atoms with Crippen LogP contribution < -0.4 is 10.5 Å². The molecule has 0 radical (unpaired) electrons. The third-order valence-corrected chi connectivity index (χ3v) is 2.63. The lowest BCUT2D eigenvalue weighted by atomic mass is 10.2. The Morgan fingerprint density at radius 2 is 2.12 bits per heavy atom. The number of benzene rings is 1. The van der Waals surface area contributed by atoms with Gasteiger partial charge in [-0.1, -0.05) is 23.7 Å². The number of hydrogen-bond acceptors (Lipinski definition) is 3. The number of ether oxygens (including phenoxy) is 1. The second-order valence-corrected chi connectivity index (χ2v) is 4.15. The fourth-order valence-corrected chi connectivity index (χ4v) is 1.62. The molecule has 0 unspecified atom stereocenters. The zero-order valence-corrected chi connectivity index (χ0v) is 10.2. The van der Waals surface area contributed by atoms with Crippen molar-refractivity contribution < 1.29 is 4.74 Å². The lowest BCUT2D eigenvalue weighted by molar-refractivity contribution is 0.463. The summed E-state index contributed by atoms with van der Waals surface area (Å²) in [5, 5.41) is 0.537. The van der Waals surface area contributed by atoms with E-state index < -0.39 is 0 Å². The zero-order valence-electron chi connectivity index (χ0n) is 9.48. The summed E-state index contributed by atoms with van der Waals surface area (Å²) in [6.45, 7) is 2.43. The van der Waals surface area contributed by atoms with Gasteiger partial charge in [0.1, 0.15) is 5.75 Å². The topological polar surface area (TPSA) is 48.1 Å². The lowest BCUT2D eigenvalue weighted by Gasteiger charge is -2.07. The molecule has 2 N–H and O–H groups in total. The molecule has 4 heteroatoms. The van der Waals surface area contributed by atoms with Crippen LogP contribution in [0.1, 0.15) is 11.1 Å². The first kappa shape index (κ1) is 11.9. The van der Waals surface area contributed by atoms with E-state index in [-0.39, 0.29) is 0 Å². The van der Waals surface area contributed by atoms with Gasteiger partial charge < -0.3 is 10.5 Å². The normalized spacial score (nSPS) is 10.3. The molecule has 3 nitrogen and oxygen atoms in total.